The molecule has 6 rings (SSSR count). The van der Waals surface area contributed by atoms with Crippen molar-refractivity contribution in [3.05, 3.63) is 77.3 Å². The van der Waals surface area contributed by atoms with E-state index < -0.39 is 35.4 Å². The summed E-state index contributed by atoms with van der Waals surface area (Å²) in [6.45, 7) is 16.4. The average Bonchev–Trinajstić information content (AvgIpc) is 2.54. The fourth-order valence-electron chi connectivity index (χ4n) is 8.41. The molecular formula is C56H73N13O13. The van der Waals surface area contributed by atoms with Crippen molar-refractivity contribution in [3.63, 3.8) is 0 Å². The molecule has 4 amide bonds. The molecule has 26 heteroatoms. The summed E-state index contributed by atoms with van der Waals surface area (Å²) in [5.74, 6) is -1.90. The van der Waals surface area contributed by atoms with Crippen LogP contribution in [0.25, 0.3) is 44.5 Å². The van der Waals surface area contributed by atoms with Crippen LogP contribution in [0.1, 0.15) is 94.1 Å². The highest BCUT2D eigenvalue weighted by atomic mass is 16.6. The molecule has 82 heavy (non-hydrogen) atoms. The number of nitrogens with zero attached hydrogens (tertiary/aromatic N) is 7. The number of ether oxygens (including phenoxy) is 7. The van der Waals surface area contributed by atoms with Gasteiger partial charge in [-0.1, -0.05) is 12.2 Å². The smallest absolute Gasteiger partial charge is 0.407 e. The Labute approximate surface area is 473 Å². The van der Waals surface area contributed by atoms with Gasteiger partial charge in [0.05, 0.1) is 75.8 Å². The Hall–Kier alpha value is -8.91. The number of aromatic nitrogens is 7. The largest absolute Gasteiger partial charge is 0.491 e. The molecular weight excluding hydrogens is 1060 g/mol. The highest BCUT2D eigenvalue weighted by molar-refractivity contribution is 6.12. The van der Waals surface area contributed by atoms with Crippen LogP contribution in [0.15, 0.2) is 60.5 Å². The predicted octanol–water partition coefficient (Wildman–Crippen LogP) is 5.64. The van der Waals surface area contributed by atoms with E-state index in [2.05, 4.69) is 21.0 Å². The number of anilines is 1. The number of rotatable bonds is 32. The van der Waals surface area contributed by atoms with Gasteiger partial charge in [0.2, 0.25) is 17.8 Å². The lowest BCUT2D eigenvalue weighted by molar-refractivity contribution is -0.156. The van der Waals surface area contributed by atoms with Gasteiger partial charge in [-0.2, -0.15) is 5.10 Å². The fourth-order valence-corrected chi connectivity index (χ4v) is 8.41. The second-order valence-corrected chi connectivity index (χ2v) is 19.4. The monoisotopic (exact) mass is 1140 g/mol. The quantitative estimate of drug-likeness (QED) is 0.00742. The molecule has 0 saturated carbocycles. The number of carbonyl (C=O) groups is 6. The molecule has 0 atom stereocenters. The molecule has 0 aliphatic carbocycles. The highest BCUT2D eigenvalue weighted by Gasteiger charge is 2.24. The number of allylic oxidation sites excluding steroid dienone is 3. The number of imidazole rings is 1. The number of alkyl carbamates (subject to hydrolysis) is 1. The van der Waals surface area contributed by atoms with Crippen LogP contribution < -0.4 is 36.9 Å². The zero-order valence-corrected chi connectivity index (χ0v) is 47.6. The van der Waals surface area contributed by atoms with Crippen LogP contribution in [0.4, 0.5) is 10.7 Å². The van der Waals surface area contributed by atoms with Crippen molar-refractivity contribution in [3.8, 4) is 23.0 Å². The zero-order valence-electron chi connectivity index (χ0n) is 47.6. The number of aryl methyl sites for hydroxylation is 2. The molecule has 0 spiro atoms. The minimum Gasteiger partial charge on any atom is -0.491 e. The molecule has 26 nitrogen and oxygen atoms in total. The number of hydrogen-bond donors (Lipinski definition) is 6. The Balaban J connectivity index is 1.34. The first-order valence-electron chi connectivity index (χ1n) is 26.9. The Morgan fingerprint density at radius 2 is 1.41 bits per heavy atom. The van der Waals surface area contributed by atoms with Crippen molar-refractivity contribution in [2.75, 3.05) is 71.3 Å². The molecule has 0 aliphatic rings. The summed E-state index contributed by atoms with van der Waals surface area (Å²) in [7, 11) is 0. The first kappa shape index (κ1) is 62.3. The summed E-state index contributed by atoms with van der Waals surface area (Å²) in [6, 6.07) is 8.06. The van der Waals surface area contributed by atoms with Gasteiger partial charge in [0, 0.05) is 73.0 Å². The molecule has 0 bridgehead atoms. The van der Waals surface area contributed by atoms with Crippen molar-refractivity contribution in [2.24, 2.45) is 11.5 Å². The third-order valence-corrected chi connectivity index (χ3v) is 11.8. The third-order valence-electron chi connectivity index (χ3n) is 11.8. The van der Waals surface area contributed by atoms with E-state index in [1.165, 1.54) is 25.1 Å². The molecule has 0 radical (unpaired) electrons. The van der Waals surface area contributed by atoms with Gasteiger partial charge >= 0.3 is 18.0 Å². The number of primary amides is 2. The van der Waals surface area contributed by atoms with Crippen LogP contribution in [-0.4, -0.2) is 147 Å². The maximum absolute atomic E-state index is 13.9. The fraction of sp³-hybridized carbons (Fsp3) is 0.446. The molecule has 0 aliphatic heterocycles. The van der Waals surface area contributed by atoms with E-state index in [-0.39, 0.29) is 137 Å². The Morgan fingerprint density at radius 1 is 0.744 bits per heavy atom. The molecule has 8 N–H and O–H groups in total. The molecule has 2 aromatic carbocycles. The normalized spacial score (nSPS) is 11.8. The van der Waals surface area contributed by atoms with Gasteiger partial charge in [-0.05, 0) is 91.8 Å². The lowest BCUT2D eigenvalue weighted by Crippen LogP contribution is -2.27. The number of benzene rings is 2. The Kier molecular flexibility index (Phi) is 22.4. The minimum absolute atomic E-state index is 0.00191. The number of amides is 4. The molecule has 4 heterocycles. The lowest BCUT2D eigenvalue weighted by Gasteiger charge is -2.19. The second-order valence-electron chi connectivity index (χ2n) is 19.4. The number of fused-ring (bicyclic) bond motifs is 4. The van der Waals surface area contributed by atoms with E-state index in [1.807, 2.05) is 43.6 Å². The van der Waals surface area contributed by atoms with Gasteiger partial charge in [-0.3, -0.25) is 34.0 Å². The van der Waals surface area contributed by atoms with Crippen molar-refractivity contribution >= 4 is 80.4 Å². The average molecular weight is 1140 g/mol. The van der Waals surface area contributed by atoms with Crippen LogP contribution in [-0.2, 0) is 57.7 Å². The van der Waals surface area contributed by atoms with Crippen molar-refractivity contribution in [1.29, 1.82) is 5.41 Å². The SMILES string of the molecule is CCN/C(=C\C(C)=N)C(=O)Nc1nc2cc(C(N)=O)cc(OCCCOC(=O)NCCC(=O)OCC)c2n1C/C=C/Cn1c2nc(-c3cc(C)nn3CC)ncc2c2cc(C(N)=O)cc(OCCOCCOCCC(=O)OC(C)(C)C)c21. The molecule has 440 valence electrons. The van der Waals surface area contributed by atoms with E-state index in [9.17, 15) is 28.8 Å². The number of nitrogens with one attached hydrogen (secondary N) is 4. The molecule has 0 fully saturated rings. The van der Waals surface area contributed by atoms with Crippen LogP contribution in [0.2, 0.25) is 0 Å². The summed E-state index contributed by atoms with van der Waals surface area (Å²) in [5.41, 5.74) is 14.7. The number of likely N-dealkylation sites (N-methyl/N-ethyl adjacent to an activating group) is 1. The Morgan fingerprint density at radius 3 is 2.09 bits per heavy atom. The summed E-state index contributed by atoms with van der Waals surface area (Å²) < 4.78 is 44.9. The molecule has 0 unspecified atom stereocenters. The lowest BCUT2D eigenvalue weighted by atomic mass is 10.1. The topological polar surface area (TPSA) is 345 Å². The third kappa shape index (κ3) is 17.3. The summed E-state index contributed by atoms with van der Waals surface area (Å²) in [6.07, 6.45) is 6.33. The minimum atomic E-state index is -0.766. The summed E-state index contributed by atoms with van der Waals surface area (Å²) in [5, 5.41) is 22.2. The molecule has 4 aromatic heterocycles. The first-order chi connectivity index (χ1) is 39.2. The number of nitrogens with two attached hydrogens (primary N) is 2. The second kappa shape index (κ2) is 29.5. The van der Waals surface area contributed by atoms with Crippen LogP contribution in [0, 0.1) is 12.3 Å². The first-order valence-corrected chi connectivity index (χ1v) is 26.9. The van der Waals surface area contributed by atoms with E-state index in [1.54, 1.807) is 55.3 Å². The van der Waals surface area contributed by atoms with Gasteiger partial charge < -0.3 is 69.8 Å². The van der Waals surface area contributed by atoms with Crippen molar-refractivity contribution in [2.45, 2.75) is 99.9 Å². The number of esters is 2. The van der Waals surface area contributed by atoms with E-state index >= 15 is 0 Å². The van der Waals surface area contributed by atoms with Crippen molar-refractivity contribution in [1.82, 2.24) is 44.5 Å². The van der Waals surface area contributed by atoms with Gasteiger partial charge in [0.1, 0.15) is 46.3 Å². The number of carbonyl (C=O) groups excluding carboxylic acids is 6. The van der Waals surface area contributed by atoms with Crippen molar-refractivity contribution < 1.29 is 61.9 Å². The number of hydrogen-bond acceptors (Lipinski definition) is 19. The van der Waals surface area contributed by atoms with Crippen LogP contribution >= 0.6 is 0 Å². The molecule has 6 aromatic rings. The standard InChI is InChI=1S/C56H73N13O13/c1-9-60-41(27-34(4)57)53(74)65-54-63-40-30-37(50(59)73)32-44(79-20-14-21-81-55(75)61-17-15-45(70)78-11-3)48(40)68(54)19-13-12-18-67-47-38(39-33-62-51(64-52(39)67)42-28-35(5)66-69(42)10-2)29-36(49(58)72)31-43(47)80-26-25-77-24-23-76-22-16-46(71)82-56(6,7)8/h12-13,27-33,57,60H,9-11,14-26H2,1-8H3,(H2,58,72)(H2,59,73)(H,61,75)(H,63,65,74)/b13-12+,41-27-,57-34?. The van der Waals surface area contributed by atoms with E-state index in [0.717, 1.165) is 5.69 Å². The highest BCUT2D eigenvalue weighted by Crippen LogP contribution is 2.37. The van der Waals surface area contributed by atoms with Crippen LogP contribution in [0.3, 0.4) is 0 Å². The summed E-state index contributed by atoms with van der Waals surface area (Å²) >= 11 is 0. The van der Waals surface area contributed by atoms with Gasteiger partial charge in [-0.15, -0.1) is 0 Å². The maximum atomic E-state index is 13.9. The zero-order chi connectivity index (χ0) is 59.5. The van der Waals surface area contributed by atoms with Gasteiger partial charge in [0.25, 0.3) is 5.91 Å². The van der Waals surface area contributed by atoms with E-state index in [4.69, 9.17) is 65.0 Å². The Bertz CT molecular complexity index is 3350. The van der Waals surface area contributed by atoms with Gasteiger partial charge in [0.15, 0.2) is 5.82 Å². The van der Waals surface area contributed by atoms with Crippen LogP contribution in [0.5, 0.6) is 11.5 Å². The summed E-state index contributed by atoms with van der Waals surface area (Å²) in [4.78, 5) is 90.1. The molecule has 0 saturated heterocycles. The maximum Gasteiger partial charge on any atom is 0.407 e. The van der Waals surface area contributed by atoms with E-state index in [0.29, 0.717) is 57.8 Å². The van der Waals surface area contributed by atoms with Gasteiger partial charge in [-0.25, -0.2) is 19.7 Å². The predicted molar refractivity (Wildman–Crippen MR) is 305 cm³/mol.